The zero-order chi connectivity index (χ0) is 7.68. The molecule has 0 spiro atoms. The molecule has 2 aromatic heterocycles. The van der Waals surface area contributed by atoms with Gasteiger partial charge in [-0.05, 0) is 12.1 Å². The highest BCUT2D eigenvalue weighted by Crippen LogP contribution is 2.01. The number of nitrogens with zero attached hydrogens (tertiary/aromatic N) is 3. The van der Waals surface area contributed by atoms with Crippen LogP contribution in [0.3, 0.4) is 0 Å². The van der Waals surface area contributed by atoms with Gasteiger partial charge in [-0.2, -0.15) is 0 Å². The Labute approximate surface area is 63.7 Å². The summed E-state index contributed by atoms with van der Waals surface area (Å²) in [4.78, 5) is 0. The topological polar surface area (TPSA) is 30.2 Å². The molecule has 11 heavy (non-hydrogen) atoms. The lowest BCUT2D eigenvalue weighted by Gasteiger charge is -1.90. The molecule has 0 bridgehead atoms. The summed E-state index contributed by atoms with van der Waals surface area (Å²) in [6.07, 6.45) is 8.65. The molecule has 0 radical (unpaired) electrons. The van der Waals surface area contributed by atoms with Crippen molar-refractivity contribution in [3.63, 3.8) is 0 Å². The Morgan fingerprint density at radius 3 is 3.18 bits per heavy atom. The molecule has 0 aliphatic rings. The Kier molecular flexibility index (Phi) is 1.13. The Morgan fingerprint density at radius 1 is 1.45 bits per heavy atom. The fourth-order valence-electron chi connectivity index (χ4n) is 0.906. The molecule has 0 aromatic carbocycles. The van der Waals surface area contributed by atoms with Gasteiger partial charge >= 0.3 is 0 Å². The number of hydrogen-bond acceptors (Lipinski definition) is 2. The predicted molar refractivity (Wildman–Crippen MR) is 40.9 cm³/mol. The molecule has 0 fully saturated rings. The lowest BCUT2D eigenvalue weighted by molar-refractivity contribution is 0.854. The Morgan fingerprint density at radius 2 is 2.36 bits per heavy atom. The van der Waals surface area contributed by atoms with E-state index in [4.69, 9.17) is 6.42 Å². The predicted octanol–water partition coefficient (Wildman–Crippen LogP) is 0.711. The van der Waals surface area contributed by atoms with Gasteiger partial charge in [-0.3, -0.25) is 0 Å². The van der Waals surface area contributed by atoms with Gasteiger partial charge in [0, 0.05) is 11.8 Å². The number of fused-ring (bicyclic) bond motifs is 1. The molecule has 3 nitrogen and oxygen atoms in total. The van der Waals surface area contributed by atoms with Crippen molar-refractivity contribution >= 4 is 5.52 Å². The van der Waals surface area contributed by atoms with Crippen LogP contribution in [0.5, 0.6) is 0 Å². The van der Waals surface area contributed by atoms with E-state index in [1.807, 2.05) is 12.1 Å². The molecule has 0 aliphatic heterocycles. The third-order valence-corrected chi connectivity index (χ3v) is 1.46. The summed E-state index contributed by atoms with van der Waals surface area (Å²) in [6, 6.07) is 3.74. The van der Waals surface area contributed by atoms with Crippen LogP contribution < -0.4 is 0 Å². The van der Waals surface area contributed by atoms with Gasteiger partial charge in [0.05, 0.1) is 11.7 Å². The molecule has 2 aromatic rings. The van der Waals surface area contributed by atoms with Crippen LogP contribution in [-0.2, 0) is 0 Å². The van der Waals surface area contributed by atoms with E-state index in [-0.39, 0.29) is 0 Å². The highest BCUT2D eigenvalue weighted by molar-refractivity contribution is 5.46. The molecule has 2 rings (SSSR count). The minimum atomic E-state index is 0.808. The maximum absolute atomic E-state index is 5.20. The summed E-state index contributed by atoms with van der Waals surface area (Å²) in [6.45, 7) is 0. The first-order valence-corrected chi connectivity index (χ1v) is 3.17. The average molecular weight is 143 g/mol. The van der Waals surface area contributed by atoms with E-state index >= 15 is 0 Å². The van der Waals surface area contributed by atoms with Crippen LogP contribution in [0.15, 0.2) is 24.5 Å². The van der Waals surface area contributed by atoms with E-state index in [2.05, 4.69) is 16.2 Å². The van der Waals surface area contributed by atoms with Gasteiger partial charge in [-0.15, -0.1) is 11.5 Å². The highest BCUT2D eigenvalue weighted by atomic mass is 15.4. The van der Waals surface area contributed by atoms with Gasteiger partial charge < -0.3 is 0 Å². The number of rotatable bonds is 0. The smallest absolute Gasteiger partial charge is 0.0865 e. The average Bonchev–Trinajstić information content (AvgIpc) is 2.50. The van der Waals surface area contributed by atoms with Crippen LogP contribution >= 0.6 is 0 Å². The fraction of sp³-hybridized carbons (Fsp3) is 0. The molecule has 0 N–H and O–H groups in total. The van der Waals surface area contributed by atoms with Gasteiger partial charge in [-0.25, -0.2) is 4.52 Å². The SMILES string of the molecule is C#Cc1ccc2cnnn2c1. The van der Waals surface area contributed by atoms with Crippen molar-refractivity contribution in [2.24, 2.45) is 0 Å². The summed E-state index contributed by atoms with van der Waals surface area (Å²) in [7, 11) is 0. The number of aromatic nitrogens is 3. The minimum Gasteiger partial charge on any atom is -0.220 e. The van der Waals surface area contributed by atoms with E-state index in [1.54, 1.807) is 16.9 Å². The van der Waals surface area contributed by atoms with Gasteiger partial charge in [-0.1, -0.05) is 11.1 Å². The largest absolute Gasteiger partial charge is 0.220 e. The van der Waals surface area contributed by atoms with E-state index in [9.17, 15) is 0 Å². The number of hydrogen-bond donors (Lipinski definition) is 0. The molecule has 0 unspecified atom stereocenters. The number of pyridine rings is 1. The molecule has 0 saturated carbocycles. The monoisotopic (exact) mass is 143 g/mol. The van der Waals surface area contributed by atoms with Crippen LogP contribution in [0.4, 0.5) is 0 Å². The van der Waals surface area contributed by atoms with Crippen molar-refractivity contribution in [3.05, 3.63) is 30.1 Å². The van der Waals surface area contributed by atoms with E-state index in [1.165, 1.54) is 0 Å². The number of terminal acetylenes is 1. The van der Waals surface area contributed by atoms with Crippen molar-refractivity contribution in [2.45, 2.75) is 0 Å². The molecular formula is C8H5N3. The summed E-state index contributed by atoms with van der Waals surface area (Å²) >= 11 is 0. The molecule has 2 heterocycles. The van der Waals surface area contributed by atoms with E-state index in [0.29, 0.717) is 0 Å². The highest BCUT2D eigenvalue weighted by Gasteiger charge is 1.93. The van der Waals surface area contributed by atoms with Gasteiger partial charge in [0.2, 0.25) is 0 Å². The Hall–Kier alpha value is -1.82. The van der Waals surface area contributed by atoms with Crippen molar-refractivity contribution in [1.82, 2.24) is 14.8 Å². The summed E-state index contributed by atoms with van der Waals surface area (Å²) in [5.41, 5.74) is 1.76. The quantitative estimate of drug-likeness (QED) is 0.508. The Balaban J connectivity index is 2.79. The molecule has 52 valence electrons. The zero-order valence-electron chi connectivity index (χ0n) is 5.73. The van der Waals surface area contributed by atoms with Crippen LogP contribution in [0, 0.1) is 12.3 Å². The second kappa shape index (κ2) is 2.10. The maximum atomic E-state index is 5.20. The van der Waals surface area contributed by atoms with Gasteiger partial charge in [0.25, 0.3) is 0 Å². The zero-order valence-corrected chi connectivity index (χ0v) is 5.73. The lowest BCUT2D eigenvalue weighted by Crippen LogP contribution is -1.87. The lowest BCUT2D eigenvalue weighted by atomic mass is 10.3. The van der Waals surface area contributed by atoms with Crippen molar-refractivity contribution in [3.8, 4) is 12.3 Å². The minimum absolute atomic E-state index is 0.808. The van der Waals surface area contributed by atoms with Gasteiger partial charge in [0.15, 0.2) is 0 Å². The van der Waals surface area contributed by atoms with Crippen molar-refractivity contribution in [1.29, 1.82) is 0 Å². The van der Waals surface area contributed by atoms with E-state index < -0.39 is 0 Å². The summed E-state index contributed by atoms with van der Waals surface area (Å²) in [5.74, 6) is 2.52. The Bertz CT molecular complexity index is 422. The molecule has 0 aliphatic carbocycles. The standard InChI is InChI=1S/C8H5N3/c1-2-7-3-4-8-5-9-10-11(8)6-7/h1,3-6H. The fourth-order valence-corrected chi connectivity index (χ4v) is 0.906. The second-order valence-electron chi connectivity index (χ2n) is 2.17. The normalized spacial score (nSPS) is 9.73. The summed E-state index contributed by atoms with van der Waals surface area (Å²) < 4.78 is 1.65. The van der Waals surface area contributed by atoms with Crippen molar-refractivity contribution < 1.29 is 0 Å². The molecule has 3 heteroatoms. The first kappa shape index (κ1) is 5.93. The molecule has 0 saturated heterocycles. The van der Waals surface area contributed by atoms with Crippen LogP contribution in [0.2, 0.25) is 0 Å². The van der Waals surface area contributed by atoms with Gasteiger partial charge in [0.1, 0.15) is 0 Å². The van der Waals surface area contributed by atoms with Crippen LogP contribution in [0.1, 0.15) is 5.56 Å². The maximum Gasteiger partial charge on any atom is 0.0865 e. The van der Waals surface area contributed by atoms with Crippen molar-refractivity contribution in [2.75, 3.05) is 0 Å². The first-order chi connectivity index (χ1) is 5.40. The molecular weight excluding hydrogens is 138 g/mol. The van der Waals surface area contributed by atoms with E-state index in [0.717, 1.165) is 11.1 Å². The third-order valence-electron chi connectivity index (χ3n) is 1.46. The second-order valence-corrected chi connectivity index (χ2v) is 2.17. The third kappa shape index (κ3) is 0.849. The molecule has 0 atom stereocenters. The summed E-state index contributed by atoms with van der Waals surface area (Å²) in [5, 5.41) is 7.52. The van der Waals surface area contributed by atoms with Crippen LogP contribution in [-0.4, -0.2) is 14.8 Å². The van der Waals surface area contributed by atoms with Crippen LogP contribution in [0.25, 0.3) is 5.52 Å². The first-order valence-electron chi connectivity index (χ1n) is 3.17. The molecule has 0 amide bonds.